The van der Waals surface area contributed by atoms with Gasteiger partial charge in [-0.25, -0.2) is 4.39 Å². The minimum Gasteiger partial charge on any atom is -0.388 e. The molecule has 1 fully saturated rings. The van der Waals surface area contributed by atoms with Gasteiger partial charge in [-0.15, -0.1) is 0 Å². The molecule has 6 nitrogen and oxygen atoms in total. The summed E-state index contributed by atoms with van der Waals surface area (Å²) >= 11 is 0. The molecule has 1 saturated carbocycles. The Morgan fingerprint density at radius 1 is 0.976 bits per heavy atom. The van der Waals surface area contributed by atoms with Crippen molar-refractivity contribution in [2.24, 2.45) is 13.0 Å². The van der Waals surface area contributed by atoms with E-state index in [2.05, 4.69) is 52.3 Å². The number of benzene rings is 3. The maximum atomic E-state index is 14.0. The topological polar surface area (TPSA) is 64.4 Å². The number of carbonyl (C=O) groups excluding carboxylic acids is 2. The van der Waals surface area contributed by atoms with E-state index in [0.717, 1.165) is 52.4 Å². The highest BCUT2D eigenvalue weighted by Gasteiger charge is 2.11. The van der Waals surface area contributed by atoms with Crippen molar-refractivity contribution in [2.45, 2.75) is 38.6 Å². The highest BCUT2D eigenvalue weighted by molar-refractivity contribution is 5.84. The number of methoxy groups -OCH3 is 1. The average molecular weight is 558 g/mol. The summed E-state index contributed by atoms with van der Waals surface area (Å²) in [5.41, 5.74) is 5.93. The van der Waals surface area contributed by atoms with Crippen molar-refractivity contribution < 1.29 is 18.7 Å². The molecule has 0 radical (unpaired) electrons. The van der Waals surface area contributed by atoms with Crippen LogP contribution in [-0.2, 0) is 27.9 Å². The quantitative estimate of drug-likeness (QED) is 0.177. The van der Waals surface area contributed by atoms with E-state index < -0.39 is 0 Å². The number of aromatic nitrogens is 2. The van der Waals surface area contributed by atoms with Gasteiger partial charge in [-0.05, 0) is 71.5 Å². The third-order valence-electron chi connectivity index (χ3n) is 7.01. The van der Waals surface area contributed by atoms with Crippen molar-refractivity contribution >= 4 is 35.2 Å². The minimum atomic E-state index is -0.328. The molecule has 0 saturated heterocycles. The molecular formula is C34H40FN3O3. The van der Waals surface area contributed by atoms with Gasteiger partial charge in [-0.1, -0.05) is 55.7 Å². The molecule has 5 rings (SSSR count). The van der Waals surface area contributed by atoms with Gasteiger partial charge in [-0.2, -0.15) is 5.10 Å². The van der Waals surface area contributed by atoms with Crippen LogP contribution in [0.15, 0.2) is 72.9 Å². The third kappa shape index (κ3) is 9.50. The van der Waals surface area contributed by atoms with E-state index in [9.17, 15) is 14.0 Å². The van der Waals surface area contributed by atoms with Crippen molar-refractivity contribution in [1.29, 1.82) is 0 Å². The highest BCUT2D eigenvalue weighted by atomic mass is 19.1. The molecular weight excluding hydrogens is 517 g/mol. The van der Waals surface area contributed by atoms with Crippen LogP contribution in [0.5, 0.6) is 0 Å². The van der Waals surface area contributed by atoms with Crippen molar-refractivity contribution in [3.8, 4) is 11.1 Å². The molecule has 1 aliphatic rings. The second-order valence-electron chi connectivity index (χ2n) is 10.3. The molecule has 0 aliphatic heterocycles. The van der Waals surface area contributed by atoms with Gasteiger partial charge in [0, 0.05) is 51.9 Å². The van der Waals surface area contributed by atoms with Crippen molar-refractivity contribution in [3.05, 3.63) is 89.9 Å². The molecule has 0 spiro atoms. The number of aldehydes is 2. The number of nitrogens with zero attached hydrogens (tertiary/aromatic N) is 3. The monoisotopic (exact) mass is 557 g/mol. The fourth-order valence-corrected chi connectivity index (χ4v) is 4.84. The van der Waals surface area contributed by atoms with Gasteiger partial charge < -0.3 is 14.4 Å². The Kier molecular flexibility index (Phi) is 12.4. The van der Waals surface area contributed by atoms with Gasteiger partial charge >= 0.3 is 0 Å². The van der Waals surface area contributed by atoms with Gasteiger partial charge in [0.05, 0.1) is 11.7 Å². The second-order valence-corrected chi connectivity index (χ2v) is 10.3. The summed E-state index contributed by atoms with van der Waals surface area (Å²) in [5.74, 6) is 0.0785. The lowest BCUT2D eigenvalue weighted by atomic mass is 9.91. The van der Waals surface area contributed by atoms with E-state index in [1.54, 1.807) is 20.3 Å². The number of ether oxygens (including phenoxy) is 1. The lowest BCUT2D eigenvalue weighted by molar-refractivity contribution is -0.111. The Hall–Kier alpha value is -4.10. The Labute approximate surface area is 242 Å². The number of rotatable bonds is 7. The average Bonchev–Trinajstić information content (AvgIpc) is 3.37. The number of halogens is 1. The molecule has 1 aliphatic carbocycles. The number of anilines is 1. The molecule has 0 N–H and O–H groups in total. The fraction of sp³-hybridized carbons (Fsp3) is 0.324. The van der Waals surface area contributed by atoms with E-state index in [-0.39, 0.29) is 5.82 Å². The van der Waals surface area contributed by atoms with Crippen LogP contribution in [-0.4, -0.2) is 43.6 Å². The van der Waals surface area contributed by atoms with Crippen LogP contribution in [0.25, 0.3) is 28.1 Å². The van der Waals surface area contributed by atoms with Gasteiger partial charge in [0.15, 0.2) is 0 Å². The van der Waals surface area contributed by atoms with Crippen molar-refractivity contribution in [3.63, 3.8) is 0 Å². The summed E-state index contributed by atoms with van der Waals surface area (Å²) < 4.78 is 20.1. The van der Waals surface area contributed by atoms with Crippen LogP contribution < -0.4 is 4.90 Å². The Balaban J connectivity index is 0.000000354. The zero-order valence-electron chi connectivity index (χ0n) is 24.4. The second kappa shape index (κ2) is 16.2. The SMILES string of the molecule is CN(Cc1ccc(-c2ccc3c(cnn3C)c2)cc1)c1cc(F)cc(/C=C/C=O)c1.COC.O=CC1CCCCC1. The van der Waals surface area contributed by atoms with E-state index in [1.807, 2.05) is 35.9 Å². The van der Waals surface area contributed by atoms with Crippen LogP contribution in [0.3, 0.4) is 0 Å². The largest absolute Gasteiger partial charge is 0.388 e. The van der Waals surface area contributed by atoms with Crippen molar-refractivity contribution in [1.82, 2.24) is 9.78 Å². The predicted molar refractivity (Wildman–Crippen MR) is 165 cm³/mol. The van der Waals surface area contributed by atoms with Crippen molar-refractivity contribution in [2.75, 3.05) is 26.2 Å². The lowest BCUT2D eigenvalue weighted by Gasteiger charge is -2.20. The van der Waals surface area contributed by atoms with Gasteiger partial charge in [0.2, 0.25) is 0 Å². The molecule has 0 atom stereocenters. The number of aryl methyl sites for hydroxylation is 1. The molecule has 1 heterocycles. The van der Waals surface area contributed by atoms with Gasteiger partial charge in [0.1, 0.15) is 18.4 Å². The predicted octanol–water partition coefficient (Wildman–Crippen LogP) is 7.26. The highest BCUT2D eigenvalue weighted by Crippen LogP contribution is 2.26. The van der Waals surface area contributed by atoms with Crippen LogP contribution in [0, 0.1) is 11.7 Å². The number of fused-ring (bicyclic) bond motifs is 1. The number of hydrogen-bond acceptors (Lipinski definition) is 5. The summed E-state index contributed by atoms with van der Waals surface area (Å²) in [4.78, 5) is 22.7. The van der Waals surface area contributed by atoms with Crippen LogP contribution >= 0.6 is 0 Å². The van der Waals surface area contributed by atoms with Crippen LogP contribution in [0.2, 0.25) is 0 Å². The summed E-state index contributed by atoms with van der Waals surface area (Å²) in [6.45, 7) is 0.641. The standard InChI is InChI=1S/C25H22FN3O.C7H12O.C2H6O/c1-28(24-13-19(4-3-11-30)12-23(26)15-24)17-18-5-7-20(8-6-18)21-9-10-25-22(14-21)16-27-29(25)2;8-6-7-4-2-1-3-5-7;1-3-2/h3-16H,17H2,1-2H3;6-7H,1-5H2;1-2H3/b4-3+;;. The van der Waals surface area contributed by atoms with Gasteiger partial charge in [-0.3, -0.25) is 9.48 Å². The Morgan fingerprint density at radius 2 is 1.66 bits per heavy atom. The lowest BCUT2D eigenvalue weighted by Crippen LogP contribution is -2.16. The first kappa shape index (κ1) is 31.4. The third-order valence-corrected chi connectivity index (χ3v) is 7.01. The van der Waals surface area contributed by atoms with Crippen LogP contribution in [0.1, 0.15) is 43.2 Å². The molecule has 0 unspecified atom stereocenters. The molecule has 216 valence electrons. The summed E-state index contributed by atoms with van der Waals surface area (Å²) in [5, 5.41) is 5.41. The molecule has 0 bridgehead atoms. The first-order chi connectivity index (χ1) is 19.9. The molecule has 0 amide bonds. The van der Waals surface area contributed by atoms with E-state index in [1.165, 1.54) is 37.5 Å². The maximum Gasteiger partial charge on any atom is 0.142 e. The van der Waals surface area contributed by atoms with E-state index in [0.29, 0.717) is 24.3 Å². The van der Waals surface area contributed by atoms with Crippen LogP contribution in [0.4, 0.5) is 10.1 Å². The summed E-state index contributed by atoms with van der Waals surface area (Å²) in [7, 11) is 7.11. The molecule has 41 heavy (non-hydrogen) atoms. The molecule has 1 aromatic heterocycles. The smallest absolute Gasteiger partial charge is 0.142 e. The summed E-state index contributed by atoms with van der Waals surface area (Å²) in [6, 6.07) is 19.5. The fourth-order valence-electron chi connectivity index (χ4n) is 4.84. The normalized spacial score (nSPS) is 13.2. The number of carbonyl (C=O) groups is 2. The number of hydrogen-bond donors (Lipinski definition) is 0. The van der Waals surface area contributed by atoms with E-state index >= 15 is 0 Å². The molecule has 4 aromatic rings. The Bertz CT molecular complexity index is 1420. The first-order valence-electron chi connectivity index (χ1n) is 13.9. The summed E-state index contributed by atoms with van der Waals surface area (Å²) in [6.07, 6.45) is 12.8. The molecule has 3 aromatic carbocycles. The maximum absolute atomic E-state index is 14.0. The zero-order valence-corrected chi connectivity index (χ0v) is 24.4. The minimum absolute atomic E-state index is 0.328. The van der Waals surface area contributed by atoms with E-state index in [4.69, 9.17) is 0 Å². The first-order valence-corrected chi connectivity index (χ1v) is 13.9. The van der Waals surface area contributed by atoms with Gasteiger partial charge in [0.25, 0.3) is 0 Å². The Morgan fingerprint density at radius 3 is 2.29 bits per heavy atom. The zero-order chi connectivity index (χ0) is 29.6. The number of allylic oxidation sites excluding steroid dienone is 1. The molecule has 7 heteroatoms.